The van der Waals surface area contributed by atoms with Crippen LogP contribution in [0.4, 0.5) is 10.2 Å². The zero-order valence-electron chi connectivity index (χ0n) is 16.8. The number of rotatable bonds is 4. The first-order valence-electron chi connectivity index (χ1n) is 9.70. The van der Waals surface area contributed by atoms with Gasteiger partial charge in [0.25, 0.3) is 5.56 Å². The van der Waals surface area contributed by atoms with Gasteiger partial charge in [0, 0.05) is 0 Å². The highest BCUT2D eigenvalue weighted by Gasteiger charge is 2.17. The molecule has 0 atom stereocenters. The number of aryl methyl sites for hydroxylation is 2. The van der Waals surface area contributed by atoms with E-state index in [1.165, 1.54) is 10.6 Å². The van der Waals surface area contributed by atoms with Gasteiger partial charge in [-0.15, -0.1) is 0 Å². The van der Waals surface area contributed by atoms with E-state index in [0.717, 1.165) is 5.56 Å². The molecule has 154 valence electrons. The summed E-state index contributed by atoms with van der Waals surface area (Å²) in [5.74, 6) is 0.945. The number of anilines is 1. The molecule has 2 aromatic carbocycles. The normalized spacial score (nSPS) is 11.3. The fraction of sp³-hybridized carbons (Fsp3) is 0.136. The quantitative estimate of drug-likeness (QED) is 0.466. The zero-order valence-corrected chi connectivity index (χ0v) is 16.8. The monoisotopic (exact) mass is 415 g/mol. The van der Waals surface area contributed by atoms with Crippen molar-refractivity contribution in [3.05, 3.63) is 82.2 Å². The van der Waals surface area contributed by atoms with E-state index in [9.17, 15) is 9.18 Å². The van der Waals surface area contributed by atoms with E-state index in [4.69, 9.17) is 0 Å². The Balaban J connectivity index is 1.69. The molecular weight excluding hydrogens is 397 g/mol. The largest absolute Gasteiger partial charge is 0.361 e. The van der Waals surface area contributed by atoms with Gasteiger partial charge in [0.15, 0.2) is 11.5 Å². The van der Waals surface area contributed by atoms with E-state index >= 15 is 0 Å². The molecule has 0 aliphatic rings. The average Bonchev–Trinajstić information content (AvgIpc) is 3.21. The number of nitrogens with one attached hydrogen (secondary N) is 2. The van der Waals surface area contributed by atoms with Gasteiger partial charge in [0.2, 0.25) is 0 Å². The van der Waals surface area contributed by atoms with Crippen molar-refractivity contribution in [1.29, 1.82) is 0 Å². The molecule has 8 nitrogen and oxygen atoms in total. The van der Waals surface area contributed by atoms with Crippen molar-refractivity contribution < 1.29 is 4.39 Å². The van der Waals surface area contributed by atoms with Crippen LogP contribution in [0.1, 0.15) is 17.2 Å². The number of aromatic nitrogens is 6. The Hall–Kier alpha value is -4.14. The molecule has 31 heavy (non-hydrogen) atoms. The molecule has 0 unspecified atom stereocenters. The lowest BCUT2D eigenvalue weighted by atomic mass is 10.1. The number of para-hydroxylation sites is 1. The second-order valence-corrected chi connectivity index (χ2v) is 7.16. The van der Waals surface area contributed by atoms with E-state index in [-0.39, 0.29) is 11.9 Å². The lowest BCUT2D eigenvalue weighted by Gasteiger charge is -2.16. The summed E-state index contributed by atoms with van der Waals surface area (Å²) in [5.41, 5.74) is 2.56. The van der Waals surface area contributed by atoms with Crippen molar-refractivity contribution in [3.8, 4) is 5.69 Å². The third-order valence-corrected chi connectivity index (χ3v) is 5.08. The van der Waals surface area contributed by atoms with Crippen molar-refractivity contribution in [2.75, 3.05) is 5.32 Å². The first kappa shape index (κ1) is 18.9. The molecule has 0 aliphatic heterocycles. The summed E-state index contributed by atoms with van der Waals surface area (Å²) >= 11 is 0. The van der Waals surface area contributed by atoms with Crippen LogP contribution >= 0.6 is 0 Å². The van der Waals surface area contributed by atoms with E-state index in [2.05, 4.69) is 30.2 Å². The van der Waals surface area contributed by atoms with Gasteiger partial charge < -0.3 is 10.3 Å². The summed E-state index contributed by atoms with van der Waals surface area (Å²) in [7, 11) is 0. The number of hydrogen-bond acceptors (Lipinski definition) is 6. The van der Waals surface area contributed by atoms with Crippen LogP contribution < -0.4 is 10.9 Å². The van der Waals surface area contributed by atoms with Crippen molar-refractivity contribution in [3.63, 3.8) is 0 Å². The van der Waals surface area contributed by atoms with E-state index < -0.39 is 11.4 Å². The summed E-state index contributed by atoms with van der Waals surface area (Å²) < 4.78 is 16.0. The Kier molecular flexibility index (Phi) is 4.43. The van der Waals surface area contributed by atoms with Gasteiger partial charge in [-0.05, 0) is 37.6 Å². The molecule has 3 aromatic heterocycles. The van der Waals surface area contributed by atoms with Crippen LogP contribution in [-0.4, -0.2) is 29.5 Å². The van der Waals surface area contributed by atoms with Gasteiger partial charge in [0.05, 0.1) is 24.1 Å². The van der Waals surface area contributed by atoms with Gasteiger partial charge in [-0.25, -0.2) is 24.3 Å². The fourth-order valence-electron chi connectivity index (χ4n) is 3.65. The Morgan fingerprint density at radius 3 is 2.74 bits per heavy atom. The maximum Gasteiger partial charge on any atom is 0.269 e. The lowest BCUT2D eigenvalue weighted by molar-refractivity contribution is 0.636. The molecule has 9 heteroatoms. The molecule has 0 amide bonds. The van der Waals surface area contributed by atoms with Gasteiger partial charge in [-0.3, -0.25) is 9.36 Å². The third-order valence-electron chi connectivity index (χ3n) is 5.08. The molecule has 5 rings (SSSR count). The molecule has 0 saturated heterocycles. The molecule has 0 fully saturated rings. The van der Waals surface area contributed by atoms with Crippen LogP contribution in [0, 0.1) is 19.7 Å². The topological polar surface area (TPSA) is 101 Å². The number of H-pyrrole nitrogens is 1. The van der Waals surface area contributed by atoms with Crippen molar-refractivity contribution >= 4 is 27.9 Å². The lowest BCUT2D eigenvalue weighted by Crippen LogP contribution is -2.26. The molecule has 0 saturated carbocycles. The molecule has 0 spiro atoms. The standard InChI is InChI=1S/C22H18FN7O/c1-12-6-3-4-9-16(12)30-17(29-15-8-5-7-14(23)18(15)22(30)31)10-24-20-19-21(26-11-25-19)28-13(2)27-20/h3-9,11H,10H2,1-2H3,(H2,24,25,26,27,28). The van der Waals surface area contributed by atoms with Crippen LogP contribution in [0.15, 0.2) is 53.6 Å². The number of benzene rings is 2. The zero-order chi connectivity index (χ0) is 21.5. The van der Waals surface area contributed by atoms with E-state index in [1.807, 2.05) is 31.2 Å². The number of imidazole rings is 1. The minimum absolute atomic E-state index is 0.0386. The maximum atomic E-state index is 14.5. The second-order valence-electron chi connectivity index (χ2n) is 7.16. The summed E-state index contributed by atoms with van der Waals surface area (Å²) in [6.07, 6.45) is 1.55. The summed E-state index contributed by atoms with van der Waals surface area (Å²) in [6, 6.07) is 11.9. The number of nitrogens with zero attached hydrogens (tertiary/aromatic N) is 5. The molecule has 2 N–H and O–H groups in total. The number of hydrogen-bond donors (Lipinski definition) is 2. The summed E-state index contributed by atoms with van der Waals surface area (Å²) in [6.45, 7) is 3.85. The molecule has 0 bridgehead atoms. The first-order valence-corrected chi connectivity index (χ1v) is 9.70. The molecule has 0 aliphatic carbocycles. The highest BCUT2D eigenvalue weighted by atomic mass is 19.1. The summed E-state index contributed by atoms with van der Waals surface area (Å²) in [4.78, 5) is 33.9. The predicted octanol–water partition coefficient (Wildman–Crippen LogP) is 3.42. The van der Waals surface area contributed by atoms with E-state index in [0.29, 0.717) is 39.8 Å². The van der Waals surface area contributed by atoms with Crippen LogP contribution in [0.5, 0.6) is 0 Å². The smallest absolute Gasteiger partial charge is 0.269 e. The van der Waals surface area contributed by atoms with Crippen LogP contribution in [0.25, 0.3) is 27.8 Å². The first-order chi connectivity index (χ1) is 15.0. The molecular formula is C22H18FN7O. The molecule has 3 heterocycles. The summed E-state index contributed by atoms with van der Waals surface area (Å²) in [5, 5.41) is 3.19. The SMILES string of the molecule is Cc1nc(NCc2nc3cccc(F)c3c(=O)n2-c2ccccc2C)c2[nH]cnc2n1. The van der Waals surface area contributed by atoms with Crippen LogP contribution in [-0.2, 0) is 6.54 Å². The third kappa shape index (κ3) is 3.20. The van der Waals surface area contributed by atoms with Crippen LogP contribution in [0.3, 0.4) is 0 Å². The fourth-order valence-corrected chi connectivity index (χ4v) is 3.65. The number of aromatic amines is 1. The van der Waals surface area contributed by atoms with Gasteiger partial charge in [0.1, 0.15) is 28.4 Å². The number of halogens is 1. The Bertz CT molecular complexity index is 1510. The molecule has 0 radical (unpaired) electrons. The Morgan fingerprint density at radius 1 is 1.06 bits per heavy atom. The minimum Gasteiger partial charge on any atom is -0.361 e. The minimum atomic E-state index is -0.595. The van der Waals surface area contributed by atoms with Crippen molar-refractivity contribution in [1.82, 2.24) is 29.5 Å². The van der Waals surface area contributed by atoms with Crippen molar-refractivity contribution in [2.45, 2.75) is 20.4 Å². The second kappa shape index (κ2) is 7.28. The Labute approximate surface area is 175 Å². The number of fused-ring (bicyclic) bond motifs is 2. The maximum absolute atomic E-state index is 14.5. The van der Waals surface area contributed by atoms with E-state index in [1.54, 1.807) is 25.4 Å². The van der Waals surface area contributed by atoms with Gasteiger partial charge in [-0.1, -0.05) is 24.3 Å². The van der Waals surface area contributed by atoms with Gasteiger partial charge in [-0.2, -0.15) is 0 Å². The highest BCUT2D eigenvalue weighted by Crippen LogP contribution is 2.20. The van der Waals surface area contributed by atoms with Crippen LogP contribution in [0.2, 0.25) is 0 Å². The van der Waals surface area contributed by atoms with Gasteiger partial charge >= 0.3 is 0 Å². The van der Waals surface area contributed by atoms with Crippen molar-refractivity contribution in [2.24, 2.45) is 0 Å². The Morgan fingerprint density at radius 2 is 1.90 bits per heavy atom. The average molecular weight is 415 g/mol. The molecule has 5 aromatic rings. The highest BCUT2D eigenvalue weighted by molar-refractivity contribution is 5.82. The predicted molar refractivity (Wildman–Crippen MR) is 116 cm³/mol.